The molecule has 1 aliphatic rings. The van der Waals surface area contributed by atoms with Crippen LogP contribution in [0.1, 0.15) is 52.0 Å². The van der Waals surface area contributed by atoms with E-state index in [1.165, 1.54) is 0 Å². The number of likely N-dealkylation sites (tertiary alicyclic amines) is 1. The van der Waals surface area contributed by atoms with E-state index in [-0.39, 0.29) is 23.1 Å². The van der Waals surface area contributed by atoms with Gasteiger partial charge in [-0.2, -0.15) is 0 Å². The highest BCUT2D eigenvalue weighted by Gasteiger charge is 2.33. The van der Waals surface area contributed by atoms with E-state index in [9.17, 15) is 9.59 Å². The molecule has 116 valence electrons. The fourth-order valence-electron chi connectivity index (χ4n) is 2.94. The lowest BCUT2D eigenvalue weighted by molar-refractivity contribution is 0.0728. The van der Waals surface area contributed by atoms with Crippen LogP contribution in [0.3, 0.4) is 0 Å². The van der Waals surface area contributed by atoms with Crippen LogP contribution in [-0.4, -0.2) is 32.3 Å². The van der Waals surface area contributed by atoms with E-state index in [0.717, 1.165) is 35.6 Å². The Labute approximate surface area is 128 Å². The minimum absolute atomic E-state index is 0.0813. The van der Waals surface area contributed by atoms with Gasteiger partial charge in [-0.25, -0.2) is 4.98 Å². The van der Waals surface area contributed by atoms with Crippen LogP contribution in [0.4, 0.5) is 0 Å². The summed E-state index contributed by atoms with van der Waals surface area (Å²) >= 11 is 0. The average Bonchev–Trinajstić information content (AvgIpc) is 3.10. The normalized spacial score (nSPS) is 18.0. The van der Waals surface area contributed by atoms with Crippen molar-refractivity contribution in [1.82, 2.24) is 19.9 Å². The van der Waals surface area contributed by atoms with Crippen molar-refractivity contribution < 1.29 is 4.79 Å². The molecule has 0 bridgehead atoms. The largest absolute Gasteiger partial charge is 0.344 e. The number of rotatable bonds is 2. The van der Waals surface area contributed by atoms with Crippen LogP contribution in [0, 0.1) is 20.8 Å². The first-order chi connectivity index (χ1) is 10.5. The number of aromatic nitrogens is 3. The molecule has 1 aliphatic heterocycles. The van der Waals surface area contributed by atoms with E-state index in [1.54, 1.807) is 17.2 Å². The summed E-state index contributed by atoms with van der Waals surface area (Å²) in [6.45, 7) is 6.30. The van der Waals surface area contributed by atoms with Crippen LogP contribution in [0.15, 0.2) is 17.1 Å². The zero-order valence-electron chi connectivity index (χ0n) is 13.1. The summed E-state index contributed by atoms with van der Waals surface area (Å²) < 4.78 is 0. The number of nitrogens with zero attached hydrogens (tertiary/aromatic N) is 2. The fourth-order valence-corrected chi connectivity index (χ4v) is 2.94. The van der Waals surface area contributed by atoms with E-state index in [2.05, 4.69) is 15.0 Å². The summed E-state index contributed by atoms with van der Waals surface area (Å²) in [6.07, 6.45) is 3.54. The number of imidazole rings is 1. The maximum Gasteiger partial charge on any atom is 0.261 e. The van der Waals surface area contributed by atoms with Crippen molar-refractivity contribution >= 4 is 5.91 Å². The summed E-state index contributed by atoms with van der Waals surface area (Å²) in [5.74, 6) is 0.574. The Bertz CT molecular complexity index is 775. The number of hydrogen-bond acceptors (Lipinski definition) is 3. The Morgan fingerprint density at radius 2 is 2.09 bits per heavy atom. The number of H-pyrrole nitrogens is 2. The smallest absolute Gasteiger partial charge is 0.261 e. The molecular formula is C16H20N4O2. The minimum Gasteiger partial charge on any atom is -0.344 e. The SMILES string of the molecule is Cc1cnc([C@H]2CCCN2C(=O)c2cc(C)c(C)[nH]c2=O)[nH]1. The molecule has 3 heterocycles. The second-order valence-electron chi connectivity index (χ2n) is 5.93. The third kappa shape index (κ3) is 2.45. The molecule has 0 aliphatic carbocycles. The van der Waals surface area contributed by atoms with E-state index in [0.29, 0.717) is 6.54 Å². The standard InChI is InChI=1S/C16H20N4O2/c1-9-7-12(15(21)19-11(9)3)16(22)20-6-4-5-13(20)14-17-8-10(2)18-14/h7-8,13H,4-6H2,1-3H3,(H,17,18)(H,19,21)/t13-/m1/s1. The highest BCUT2D eigenvalue weighted by Crippen LogP contribution is 2.31. The van der Waals surface area contributed by atoms with Gasteiger partial charge in [-0.15, -0.1) is 0 Å². The molecule has 0 saturated carbocycles. The van der Waals surface area contributed by atoms with Crippen molar-refractivity contribution in [2.45, 2.75) is 39.7 Å². The van der Waals surface area contributed by atoms with Gasteiger partial charge in [0.2, 0.25) is 0 Å². The van der Waals surface area contributed by atoms with Gasteiger partial charge in [0.25, 0.3) is 11.5 Å². The Hall–Kier alpha value is -2.37. The van der Waals surface area contributed by atoms with Gasteiger partial charge in [0, 0.05) is 24.1 Å². The van der Waals surface area contributed by atoms with Crippen molar-refractivity contribution in [1.29, 1.82) is 0 Å². The summed E-state index contributed by atoms with van der Waals surface area (Å²) in [6, 6.07) is 1.60. The predicted molar refractivity (Wildman–Crippen MR) is 82.9 cm³/mol. The Balaban J connectivity index is 1.94. The highest BCUT2D eigenvalue weighted by molar-refractivity contribution is 5.94. The van der Waals surface area contributed by atoms with Crippen LogP contribution in [-0.2, 0) is 0 Å². The summed E-state index contributed by atoms with van der Waals surface area (Å²) in [5.41, 5.74) is 2.56. The Morgan fingerprint density at radius 1 is 1.32 bits per heavy atom. The summed E-state index contributed by atoms with van der Waals surface area (Å²) in [4.78, 5) is 36.9. The first kappa shape index (κ1) is 14.6. The molecular weight excluding hydrogens is 280 g/mol. The van der Waals surface area contributed by atoms with Gasteiger partial charge in [-0.05, 0) is 45.2 Å². The summed E-state index contributed by atoms with van der Waals surface area (Å²) in [5, 5.41) is 0. The molecule has 0 unspecified atom stereocenters. The molecule has 2 aromatic heterocycles. The first-order valence-electron chi connectivity index (χ1n) is 7.50. The topological polar surface area (TPSA) is 81.8 Å². The Kier molecular flexibility index (Phi) is 3.60. The molecule has 1 atom stereocenters. The maximum absolute atomic E-state index is 12.8. The quantitative estimate of drug-likeness (QED) is 0.890. The van der Waals surface area contributed by atoms with Gasteiger partial charge >= 0.3 is 0 Å². The van der Waals surface area contributed by atoms with Gasteiger partial charge in [0.1, 0.15) is 11.4 Å². The van der Waals surface area contributed by atoms with Crippen molar-refractivity contribution in [3.05, 3.63) is 51.0 Å². The summed E-state index contributed by atoms with van der Waals surface area (Å²) in [7, 11) is 0. The zero-order chi connectivity index (χ0) is 15.9. The molecule has 0 aromatic carbocycles. The molecule has 0 radical (unpaired) electrons. The molecule has 1 amide bonds. The van der Waals surface area contributed by atoms with Crippen LogP contribution in [0.2, 0.25) is 0 Å². The lowest BCUT2D eigenvalue weighted by Gasteiger charge is -2.23. The maximum atomic E-state index is 12.8. The van der Waals surface area contributed by atoms with Crippen LogP contribution in [0.25, 0.3) is 0 Å². The molecule has 2 aromatic rings. The predicted octanol–water partition coefficient (Wildman–Crippen LogP) is 2.00. The van der Waals surface area contributed by atoms with Crippen molar-refractivity contribution in [2.75, 3.05) is 6.54 Å². The third-order valence-corrected chi connectivity index (χ3v) is 4.28. The first-order valence-corrected chi connectivity index (χ1v) is 7.50. The van der Waals surface area contributed by atoms with E-state index in [4.69, 9.17) is 0 Å². The molecule has 3 rings (SSSR count). The second kappa shape index (κ2) is 5.44. The van der Waals surface area contributed by atoms with Gasteiger partial charge in [-0.1, -0.05) is 0 Å². The monoisotopic (exact) mass is 300 g/mol. The van der Waals surface area contributed by atoms with E-state index < -0.39 is 0 Å². The van der Waals surface area contributed by atoms with Crippen molar-refractivity contribution in [3.63, 3.8) is 0 Å². The average molecular weight is 300 g/mol. The molecule has 2 N–H and O–H groups in total. The number of nitrogens with one attached hydrogen (secondary N) is 2. The second-order valence-corrected chi connectivity index (χ2v) is 5.93. The highest BCUT2D eigenvalue weighted by atomic mass is 16.2. The van der Waals surface area contributed by atoms with Gasteiger partial charge in [-0.3, -0.25) is 9.59 Å². The molecule has 6 nitrogen and oxygen atoms in total. The van der Waals surface area contributed by atoms with Gasteiger partial charge < -0.3 is 14.9 Å². The van der Waals surface area contributed by atoms with Gasteiger partial charge in [0.15, 0.2) is 0 Å². The van der Waals surface area contributed by atoms with Crippen LogP contribution < -0.4 is 5.56 Å². The van der Waals surface area contributed by atoms with E-state index in [1.807, 2.05) is 20.8 Å². The minimum atomic E-state index is -0.325. The lowest BCUT2D eigenvalue weighted by Crippen LogP contribution is -2.35. The number of aromatic amines is 2. The molecule has 22 heavy (non-hydrogen) atoms. The van der Waals surface area contributed by atoms with E-state index >= 15 is 0 Å². The Morgan fingerprint density at radius 3 is 2.77 bits per heavy atom. The number of carbonyl (C=O) groups excluding carboxylic acids is 1. The lowest BCUT2D eigenvalue weighted by atomic mass is 10.1. The van der Waals surface area contributed by atoms with Crippen LogP contribution >= 0.6 is 0 Å². The molecule has 1 saturated heterocycles. The van der Waals surface area contributed by atoms with Crippen LogP contribution in [0.5, 0.6) is 0 Å². The van der Waals surface area contributed by atoms with Crippen molar-refractivity contribution in [2.24, 2.45) is 0 Å². The third-order valence-electron chi connectivity index (χ3n) is 4.28. The number of carbonyl (C=O) groups is 1. The molecule has 6 heteroatoms. The van der Waals surface area contributed by atoms with Gasteiger partial charge in [0.05, 0.1) is 6.04 Å². The van der Waals surface area contributed by atoms with Crippen molar-refractivity contribution in [3.8, 4) is 0 Å². The molecule has 0 spiro atoms. The molecule has 1 fully saturated rings. The number of aryl methyl sites for hydroxylation is 3. The number of amides is 1. The number of pyridine rings is 1. The fraction of sp³-hybridized carbons (Fsp3) is 0.438. The zero-order valence-corrected chi connectivity index (χ0v) is 13.1. The number of hydrogen-bond donors (Lipinski definition) is 2.